The Labute approximate surface area is 293 Å². The number of hydrazine groups is 1. The molecule has 48 heavy (non-hydrogen) atoms. The van der Waals surface area contributed by atoms with Gasteiger partial charge in [0.1, 0.15) is 0 Å². The van der Waals surface area contributed by atoms with Gasteiger partial charge in [0.05, 0.1) is 0 Å². The van der Waals surface area contributed by atoms with Gasteiger partial charge in [-0.3, -0.25) is 0 Å². The fraction of sp³-hybridized carbons (Fsp3) is 0.268. The topological polar surface area (TPSA) is 19.4 Å². The minimum absolute atomic E-state index is 0.180. The molecule has 248 valence electrons. The van der Waals surface area contributed by atoms with E-state index in [-0.39, 0.29) is 5.41 Å². The van der Waals surface area contributed by atoms with Crippen molar-refractivity contribution < 1.29 is 17.6 Å². The molecule has 0 atom stereocenters. The van der Waals surface area contributed by atoms with E-state index in [9.17, 15) is 0 Å². The summed E-state index contributed by atoms with van der Waals surface area (Å²) in [7, 11) is 4.35. The van der Waals surface area contributed by atoms with Crippen LogP contribution in [0, 0.1) is 0 Å². The SMILES string of the molecule is CC(C)c1cccc2c1N(N1c3cccc(c3)N3C=CN(C)[C]3=[Pt]=[C]3N(C)C=CN3c3cccc1c3)c1c(C(C)C)cccc1C2(C)C. The Morgan fingerprint density at radius 3 is 1.38 bits per heavy atom. The minimum atomic E-state index is -0.540. The van der Waals surface area contributed by atoms with Gasteiger partial charge in [-0.2, -0.15) is 0 Å². The summed E-state index contributed by atoms with van der Waals surface area (Å²) in [4.78, 5) is 9.37. The van der Waals surface area contributed by atoms with E-state index in [4.69, 9.17) is 0 Å². The van der Waals surface area contributed by atoms with Gasteiger partial charge in [-0.1, -0.05) is 0 Å². The van der Waals surface area contributed by atoms with Crippen molar-refractivity contribution in [1.82, 2.24) is 9.80 Å². The molecule has 4 aliphatic heterocycles. The molecule has 6 nitrogen and oxygen atoms in total. The van der Waals surface area contributed by atoms with Crippen LogP contribution >= 0.6 is 0 Å². The summed E-state index contributed by atoms with van der Waals surface area (Å²) >= 11 is -0.540. The Hall–Kier alpha value is -4.41. The first-order valence-corrected chi connectivity index (χ1v) is 19.1. The van der Waals surface area contributed by atoms with Crippen molar-refractivity contribution in [3.63, 3.8) is 0 Å². The predicted octanol–water partition coefficient (Wildman–Crippen LogP) is 9.18. The van der Waals surface area contributed by atoms with Crippen molar-refractivity contribution in [3.8, 4) is 0 Å². The van der Waals surface area contributed by atoms with Gasteiger partial charge in [0.25, 0.3) is 0 Å². The summed E-state index contributed by atoms with van der Waals surface area (Å²) in [5.74, 6) is 0.676. The van der Waals surface area contributed by atoms with Gasteiger partial charge in [0.2, 0.25) is 0 Å². The molecule has 0 aliphatic carbocycles. The fourth-order valence-electron chi connectivity index (χ4n) is 7.44. The monoisotopic (exact) mass is 815 g/mol. The molecule has 4 aromatic carbocycles. The molecule has 0 aromatic heterocycles. The molecule has 8 rings (SSSR count). The fourth-order valence-corrected chi connectivity index (χ4v) is 10.5. The third-order valence-corrected chi connectivity index (χ3v) is 13.7. The molecule has 0 saturated heterocycles. The standard InChI is InChI=1S/C41H44N6.Pt/c1-29(2)35-17-11-19-37-39(35)47(40-36(30(3)4)18-12-20-38(40)41(37,5)6)46(33-15-9-13-31(25-33)44-23-21-42(7)27-44)34-16-10-14-32(26-34)45-24-22-43(8)28-45;/h9-26,29-30H,1-8H3;. The number of fused-ring (bicyclic) bond motifs is 10. The predicted molar refractivity (Wildman–Crippen MR) is 199 cm³/mol. The van der Waals surface area contributed by atoms with Gasteiger partial charge in [0, 0.05) is 0 Å². The Morgan fingerprint density at radius 2 is 0.938 bits per heavy atom. The molecular formula is C41H44N6Pt. The van der Waals surface area contributed by atoms with Gasteiger partial charge in [0.15, 0.2) is 0 Å². The van der Waals surface area contributed by atoms with Crippen molar-refractivity contribution in [2.24, 2.45) is 0 Å². The second-order valence-corrected chi connectivity index (χ2v) is 16.8. The normalized spacial score (nSPS) is 17.7. The Balaban J connectivity index is 1.49. The van der Waals surface area contributed by atoms with Crippen molar-refractivity contribution in [2.75, 3.05) is 33.9 Å². The number of rotatable bonds is 3. The average Bonchev–Trinajstić information content (AvgIpc) is 3.63. The van der Waals surface area contributed by atoms with Gasteiger partial charge in [-0.05, 0) is 0 Å². The molecule has 4 bridgehead atoms. The number of hydrogen-bond acceptors (Lipinski definition) is 6. The zero-order chi connectivity index (χ0) is 33.5. The number of benzene rings is 4. The van der Waals surface area contributed by atoms with Crippen LogP contribution < -0.4 is 19.8 Å². The summed E-state index contributed by atoms with van der Waals surface area (Å²) in [6, 6.07) is 32.1. The van der Waals surface area contributed by atoms with Crippen molar-refractivity contribution in [3.05, 3.63) is 132 Å². The molecule has 4 aliphatic rings. The summed E-state index contributed by atoms with van der Waals surface area (Å²) in [5.41, 5.74) is 12.4. The second kappa shape index (κ2) is 11.3. The van der Waals surface area contributed by atoms with Crippen LogP contribution in [-0.4, -0.2) is 32.2 Å². The third-order valence-electron chi connectivity index (χ3n) is 9.98. The van der Waals surface area contributed by atoms with E-state index in [1.54, 1.807) is 0 Å². The number of hydrogen-bond donors (Lipinski definition) is 0. The molecule has 0 amide bonds. The average molecular weight is 816 g/mol. The van der Waals surface area contributed by atoms with Gasteiger partial charge in [-0.25, -0.2) is 0 Å². The van der Waals surface area contributed by atoms with E-state index >= 15 is 0 Å². The van der Waals surface area contributed by atoms with E-state index in [1.807, 2.05) is 0 Å². The van der Waals surface area contributed by atoms with Crippen LogP contribution in [0.15, 0.2) is 110 Å². The molecule has 0 saturated carbocycles. The van der Waals surface area contributed by atoms with Crippen molar-refractivity contribution in [2.45, 2.75) is 58.8 Å². The zero-order valence-corrected chi connectivity index (χ0v) is 31.3. The summed E-state index contributed by atoms with van der Waals surface area (Å²) in [6.45, 7) is 14.1. The zero-order valence-electron chi connectivity index (χ0n) is 29.0. The maximum atomic E-state index is 2.57. The first kappa shape index (κ1) is 30.9. The van der Waals surface area contributed by atoms with Crippen LogP contribution in [0.2, 0.25) is 0 Å². The van der Waals surface area contributed by atoms with E-state index in [0.717, 1.165) is 22.7 Å². The first-order chi connectivity index (χ1) is 23.1. The van der Waals surface area contributed by atoms with E-state index in [0.29, 0.717) is 11.8 Å². The maximum absolute atomic E-state index is 2.57. The Bertz CT molecular complexity index is 1940. The Kier molecular flexibility index (Phi) is 7.30. The third kappa shape index (κ3) is 4.63. The summed E-state index contributed by atoms with van der Waals surface area (Å²) in [6.07, 6.45) is 8.82. The van der Waals surface area contributed by atoms with Gasteiger partial charge < -0.3 is 0 Å². The molecule has 0 fully saturated rings. The van der Waals surface area contributed by atoms with Gasteiger partial charge in [-0.15, -0.1) is 0 Å². The molecule has 4 aromatic rings. The molecule has 0 radical (unpaired) electrons. The second-order valence-electron chi connectivity index (χ2n) is 14.2. The van der Waals surface area contributed by atoms with Crippen LogP contribution in [0.25, 0.3) is 0 Å². The molecule has 4 heterocycles. The van der Waals surface area contributed by atoms with E-state index < -0.39 is 17.6 Å². The number of anilines is 6. The summed E-state index contributed by atoms with van der Waals surface area (Å²) in [5, 5.41) is 5.06. The Morgan fingerprint density at radius 1 is 0.521 bits per heavy atom. The molecule has 0 unspecified atom stereocenters. The van der Waals surface area contributed by atoms with Crippen LogP contribution in [0.4, 0.5) is 34.1 Å². The van der Waals surface area contributed by atoms with Crippen molar-refractivity contribution in [1.29, 1.82) is 0 Å². The molecular weight excluding hydrogens is 772 g/mol. The molecule has 0 spiro atoms. The van der Waals surface area contributed by atoms with E-state index in [2.05, 4.69) is 195 Å². The van der Waals surface area contributed by atoms with Crippen LogP contribution in [0.1, 0.15) is 75.6 Å². The van der Waals surface area contributed by atoms with E-state index in [1.165, 1.54) is 41.9 Å². The molecule has 0 N–H and O–H groups in total. The summed E-state index contributed by atoms with van der Waals surface area (Å²) < 4.78 is 2.65. The van der Waals surface area contributed by atoms with Crippen LogP contribution in [0.3, 0.4) is 0 Å². The quantitative estimate of drug-likeness (QED) is 0.204. The number of nitrogens with zero attached hydrogens (tertiary/aromatic N) is 6. The van der Waals surface area contributed by atoms with Crippen LogP contribution in [-0.2, 0) is 23.1 Å². The van der Waals surface area contributed by atoms with Crippen molar-refractivity contribution >= 4 is 42.4 Å². The van der Waals surface area contributed by atoms with Gasteiger partial charge >= 0.3 is 295 Å². The van der Waals surface area contributed by atoms with Crippen LogP contribution in [0.5, 0.6) is 0 Å². The first-order valence-electron chi connectivity index (χ1n) is 16.9. The molecule has 7 heteroatoms. The number of para-hydroxylation sites is 2.